The lowest BCUT2D eigenvalue weighted by atomic mass is 10.0. The first-order valence-corrected chi connectivity index (χ1v) is 4.28. The first-order chi connectivity index (χ1) is 6.65. The second kappa shape index (κ2) is 4.74. The van der Waals surface area contributed by atoms with Crippen LogP contribution in [0.25, 0.3) is 0 Å². The average Bonchev–Trinajstić information content (AvgIpc) is 2.15. The van der Waals surface area contributed by atoms with Crippen molar-refractivity contribution in [3.8, 4) is 0 Å². The first-order valence-electron chi connectivity index (χ1n) is 4.28. The fraction of sp³-hybridized carbons (Fsp3) is 0.300. The molecule has 0 fully saturated rings. The van der Waals surface area contributed by atoms with E-state index in [2.05, 4.69) is 4.84 Å². The summed E-state index contributed by atoms with van der Waals surface area (Å²) in [4.78, 5) is 15.2. The van der Waals surface area contributed by atoms with E-state index < -0.39 is 12.1 Å². The highest BCUT2D eigenvalue weighted by molar-refractivity contribution is 5.67. The van der Waals surface area contributed by atoms with Crippen LogP contribution < -0.4 is 5.90 Å². The molecule has 0 amide bonds. The number of hydrogen-bond donors (Lipinski definition) is 2. The SMILES string of the molecule is Cc1ccccc1C(CC(=O)O)ON. The molecule has 0 aliphatic heterocycles. The molecule has 1 unspecified atom stereocenters. The summed E-state index contributed by atoms with van der Waals surface area (Å²) in [6.45, 7) is 1.89. The van der Waals surface area contributed by atoms with Crippen LogP contribution in [0.5, 0.6) is 0 Å². The van der Waals surface area contributed by atoms with Crippen LogP contribution in [-0.4, -0.2) is 11.1 Å². The molecular formula is C10H13NO3. The first kappa shape index (κ1) is 10.7. The molecule has 1 aromatic rings. The summed E-state index contributed by atoms with van der Waals surface area (Å²) in [5.74, 6) is 4.13. The third-order valence-electron chi connectivity index (χ3n) is 2.06. The zero-order valence-corrected chi connectivity index (χ0v) is 7.93. The summed E-state index contributed by atoms with van der Waals surface area (Å²) in [5, 5.41) is 8.63. The lowest BCUT2D eigenvalue weighted by molar-refractivity contribution is -0.140. The smallest absolute Gasteiger partial charge is 0.306 e. The molecule has 0 aromatic heterocycles. The van der Waals surface area contributed by atoms with Gasteiger partial charge >= 0.3 is 5.97 Å². The number of carboxylic acid groups (broad SMARTS) is 1. The normalized spacial score (nSPS) is 12.4. The summed E-state index contributed by atoms with van der Waals surface area (Å²) < 4.78 is 0. The maximum Gasteiger partial charge on any atom is 0.306 e. The molecule has 0 aliphatic carbocycles. The fourth-order valence-corrected chi connectivity index (χ4v) is 1.34. The van der Waals surface area contributed by atoms with Gasteiger partial charge in [0, 0.05) is 0 Å². The van der Waals surface area contributed by atoms with Crippen LogP contribution in [0.3, 0.4) is 0 Å². The number of rotatable bonds is 4. The van der Waals surface area contributed by atoms with Crippen molar-refractivity contribution in [2.24, 2.45) is 5.90 Å². The highest BCUT2D eigenvalue weighted by Crippen LogP contribution is 2.22. The van der Waals surface area contributed by atoms with Gasteiger partial charge in [0.2, 0.25) is 0 Å². The molecule has 4 heteroatoms. The number of carboxylic acids is 1. The zero-order valence-electron chi connectivity index (χ0n) is 7.93. The van der Waals surface area contributed by atoms with Crippen molar-refractivity contribution >= 4 is 5.97 Å². The number of hydrogen-bond acceptors (Lipinski definition) is 3. The van der Waals surface area contributed by atoms with Crippen molar-refractivity contribution in [3.05, 3.63) is 35.4 Å². The maximum atomic E-state index is 10.5. The van der Waals surface area contributed by atoms with E-state index in [-0.39, 0.29) is 6.42 Å². The van der Waals surface area contributed by atoms with E-state index in [9.17, 15) is 4.79 Å². The van der Waals surface area contributed by atoms with E-state index in [0.29, 0.717) is 0 Å². The van der Waals surface area contributed by atoms with E-state index in [1.54, 1.807) is 0 Å². The molecule has 76 valence electrons. The van der Waals surface area contributed by atoms with E-state index >= 15 is 0 Å². The average molecular weight is 195 g/mol. The summed E-state index contributed by atoms with van der Waals surface area (Å²) in [7, 11) is 0. The van der Waals surface area contributed by atoms with E-state index in [1.807, 2.05) is 31.2 Å². The third kappa shape index (κ3) is 2.55. The van der Waals surface area contributed by atoms with Gasteiger partial charge in [-0.1, -0.05) is 24.3 Å². The van der Waals surface area contributed by atoms with Gasteiger partial charge in [-0.2, -0.15) is 0 Å². The Balaban J connectivity index is 2.89. The molecule has 0 saturated heterocycles. The van der Waals surface area contributed by atoms with Crippen LogP contribution in [0.15, 0.2) is 24.3 Å². The van der Waals surface area contributed by atoms with Gasteiger partial charge in [-0.15, -0.1) is 0 Å². The van der Waals surface area contributed by atoms with E-state index in [4.69, 9.17) is 11.0 Å². The summed E-state index contributed by atoms with van der Waals surface area (Å²) in [5.41, 5.74) is 1.79. The summed E-state index contributed by atoms with van der Waals surface area (Å²) >= 11 is 0. The van der Waals surface area contributed by atoms with Crippen molar-refractivity contribution in [2.45, 2.75) is 19.4 Å². The molecule has 0 aliphatic rings. The molecule has 0 saturated carbocycles. The molecule has 0 bridgehead atoms. The molecule has 4 nitrogen and oxygen atoms in total. The summed E-state index contributed by atoms with van der Waals surface area (Å²) in [6, 6.07) is 7.42. The van der Waals surface area contributed by atoms with Crippen molar-refractivity contribution in [3.63, 3.8) is 0 Å². The predicted octanol–water partition coefficient (Wildman–Crippen LogP) is 1.40. The largest absolute Gasteiger partial charge is 0.481 e. The van der Waals surface area contributed by atoms with Crippen LogP contribution in [0.4, 0.5) is 0 Å². The van der Waals surface area contributed by atoms with Gasteiger partial charge in [0.25, 0.3) is 0 Å². The van der Waals surface area contributed by atoms with Crippen molar-refractivity contribution in [2.75, 3.05) is 0 Å². The minimum atomic E-state index is -0.927. The van der Waals surface area contributed by atoms with Crippen molar-refractivity contribution < 1.29 is 14.7 Å². The fourth-order valence-electron chi connectivity index (χ4n) is 1.34. The Hall–Kier alpha value is -1.39. The van der Waals surface area contributed by atoms with E-state index in [1.165, 1.54) is 0 Å². The molecular weight excluding hydrogens is 182 g/mol. The van der Waals surface area contributed by atoms with Crippen LogP contribution in [0.2, 0.25) is 0 Å². The summed E-state index contributed by atoms with van der Waals surface area (Å²) in [6.07, 6.45) is -0.699. The van der Waals surface area contributed by atoms with Crippen molar-refractivity contribution in [1.82, 2.24) is 0 Å². The van der Waals surface area contributed by atoms with Gasteiger partial charge in [0.1, 0.15) is 6.10 Å². The molecule has 14 heavy (non-hydrogen) atoms. The van der Waals surface area contributed by atoms with Crippen LogP contribution in [-0.2, 0) is 9.63 Å². The minimum Gasteiger partial charge on any atom is -0.481 e. The highest BCUT2D eigenvalue weighted by Gasteiger charge is 2.16. The molecule has 0 heterocycles. The molecule has 1 atom stereocenters. The van der Waals surface area contributed by atoms with Gasteiger partial charge in [0.05, 0.1) is 6.42 Å². The number of benzene rings is 1. The minimum absolute atomic E-state index is 0.124. The van der Waals surface area contributed by atoms with Crippen LogP contribution in [0, 0.1) is 6.92 Å². The second-order valence-corrected chi connectivity index (χ2v) is 3.08. The topological polar surface area (TPSA) is 72.5 Å². The standard InChI is InChI=1S/C10H13NO3/c1-7-4-2-3-5-8(7)9(14-11)6-10(12)13/h2-5,9H,6,11H2,1H3,(H,12,13). The van der Waals surface area contributed by atoms with Gasteiger partial charge < -0.3 is 5.11 Å². The molecule has 3 N–H and O–H groups in total. The Morgan fingerprint density at radius 3 is 2.71 bits per heavy atom. The maximum absolute atomic E-state index is 10.5. The van der Waals surface area contributed by atoms with Crippen LogP contribution in [0.1, 0.15) is 23.7 Å². The van der Waals surface area contributed by atoms with Crippen LogP contribution >= 0.6 is 0 Å². The molecule has 0 spiro atoms. The van der Waals surface area contributed by atoms with Gasteiger partial charge in [-0.25, -0.2) is 5.90 Å². The van der Waals surface area contributed by atoms with Crippen molar-refractivity contribution in [1.29, 1.82) is 0 Å². The number of carbonyl (C=O) groups is 1. The Morgan fingerprint density at radius 2 is 2.21 bits per heavy atom. The Bertz CT molecular complexity index is 325. The second-order valence-electron chi connectivity index (χ2n) is 3.08. The predicted molar refractivity (Wildman–Crippen MR) is 51.4 cm³/mol. The lowest BCUT2D eigenvalue weighted by Gasteiger charge is -2.14. The molecule has 0 radical (unpaired) electrons. The highest BCUT2D eigenvalue weighted by atomic mass is 16.6. The Morgan fingerprint density at radius 1 is 1.57 bits per heavy atom. The van der Waals surface area contributed by atoms with Gasteiger partial charge in [-0.3, -0.25) is 9.63 Å². The number of aliphatic carboxylic acids is 1. The molecule has 1 aromatic carbocycles. The number of aryl methyl sites for hydroxylation is 1. The quantitative estimate of drug-likeness (QED) is 0.712. The zero-order chi connectivity index (χ0) is 10.6. The third-order valence-corrected chi connectivity index (χ3v) is 2.06. The van der Waals surface area contributed by atoms with Gasteiger partial charge in [0.15, 0.2) is 0 Å². The van der Waals surface area contributed by atoms with E-state index in [0.717, 1.165) is 11.1 Å². The monoisotopic (exact) mass is 195 g/mol. The van der Waals surface area contributed by atoms with Gasteiger partial charge in [-0.05, 0) is 18.1 Å². The Labute approximate surface area is 82.3 Å². The lowest BCUT2D eigenvalue weighted by Crippen LogP contribution is -2.14. The molecule has 1 rings (SSSR count). The number of nitrogens with two attached hydrogens (primary N) is 1. The Kier molecular flexibility index (Phi) is 3.62.